The third-order valence-electron chi connectivity index (χ3n) is 6.42. The van der Waals surface area contributed by atoms with Crippen molar-refractivity contribution >= 4 is 17.4 Å². The first-order valence-electron chi connectivity index (χ1n) is 12.7. The molecule has 1 aromatic heterocycles. The summed E-state index contributed by atoms with van der Waals surface area (Å²) in [7, 11) is 0. The predicted molar refractivity (Wildman–Crippen MR) is 142 cm³/mol. The van der Waals surface area contributed by atoms with Crippen molar-refractivity contribution in [1.29, 1.82) is 0 Å². The number of carbonyl (C=O) groups excluding carboxylic acids is 1. The summed E-state index contributed by atoms with van der Waals surface area (Å²) in [5.74, 6) is 1.35. The van der Waals surface area contributed by atoms with E-state index in [1.807, 2.05) is 42.5 Å². The summed E-state index contributed by atoms with van der Waals surface area (Å²) in [5, 5.41) is 25.9. The highest BCUT2D eigenvalue weighted by atomic mass is 16.7. The standard InChI is InChI=1S/C28H28N4O8/c33-15-18-1-3-19(4-2-18)16-37-27-13-21(20-5-7-23-24(11-20)39-17-38-23)12-25(40-27)28(34)30-10-9-29-26-8-6-22(14-31-26)32(35)36/h1-8,11-12,14,21,27,33H,9-10,13,15-17H2,(H,29,31)(H,30,34)/t21-,27+/m1/s1. The Morgan fingerprint density at radius 2 is 1.88 bits per heavy atom. The van der Waals surface area contributed by atoms with Crippen molar-refractivity contribution in [1.82, 2.24) is 10.3 Å². The van der Waals surface area contributed by atoms with E-state index in [0.29, 0.717) is 30.3 Å². The van der Waals surface area contributed by atoms with Gasteiger partial charge in [0.05, 0.1) is 18.1 Å². The van der Waals surface area contributed by atoms with Gasteiger partial charge in [-0.25, -0.2) is 4.98 Å². The van der Waals surface area contributed by atoms with Crippen molar-refractivity contribution in [2.24, 2.45) is 0 Å². The smallest absolute Gasteiger partial charge is 0.287 e. The third kappa shape index (κ3) is 6.65. The molecular weight excluding hydrogens is 520 g/mol. The van der Waals surface area contributed by atoms with Gasteiger partial charge in [-0.15, -0.1) is 0 Å². The highest BCUT2D eigenvalue weighted by Crippen LogP contribution is 2.38. The molecule has 1 amide bonds. The van der Waals surface area contributed by atoms with Crippen LogP contribution in [0.1, 0.15) is 29.0 Å². The molecule has 0 spiro atoms. The highest BCUT2D eigenvalue weighted by molar-refractivity contribution is 5.91. The number of carbonyl (C=O) groups is 1. The molecule has 2 aliphatic heterocycles. The number of hydrogen-bond donors (Lipinski definition) is 3. The SMILES string of the molecule is O=C(NCCNc1ccc([N+](=O)[O-])cn1)C1=C[C@@H](c2ccc3c(c2)OCO3)C[C@@H](OCc2ccc(CO)cc2)O1. The molecule has 3 heterocycles. The van der Waals surface area contributed by atoms with Crippen molar-refractivity contribution < 1.29 is 33.8 Å². The second-order valence-electron chi connectivity index (χ2n) is 9.16. The van der Waals surface area contributed by atoms with Crippen molar-refractivity contribution in [3.63, 3.8) is 0 Å². The number of pyridine rings is 1. The molecule has 12 nitrogen and oxygen atoms in total. The van der Waals surface area contributed by atoms with E-state index in [2.05, 4.69) is 15.6 Å². The first-order valence-corrected chi connectivity index (χ1v) is 12.7. The minimum absolute atomic E-state index is 0.0345. The number of allylic oxidation sites excluding steroid dienone is 1. The van der Waals surface area contributed by atoms with Crippen LogP contribution in [-0.2, 0) is 27.5 Å². The molecule has 2 aliphatic rings. The molecule has 0 saturated heterocycles. The van der Waals surface area contributed by atoms with Crippen LogP contribution >= 0.6 is 0 Å². The minimum Gasteiger partial charge on any atom is -0.459 e. The first kappa shape index (κ1) is 26.9. The van der Waals surface area contributed by atoms with Crippen molar-refractivity contribution in [2.45, 2.75) is 31.8 Å². The van der Waals surface area contributed by atoms with Gasteiger partial charge in [0, 0.05) is 31.5 Å². The number of rotatable bonds is 11. The van der Waals surface area contributed by atoms with Gasteiger partial charge in [-0.1, -0.05) is 30.3 Å². The monoisotopic (exact) mass is 548 g/mol. The first-order chi connectivity index (χ1) is 19.5. The molecule has 5 rings (SSSR count). The van der Waals surface area contributed by atoms with Crippen LogP contribution in [0.3, 0.4) is 0 Å². The van der Waals surface area contributed by atoms with Crippen LogP contribution < -0.4 is 20.1 Å². The molecule has 2 atom stereocenters. The Balaban J connectivity index is 1.22. The van der Waals surface area contributed by atoms with Crippen LogP contribution in [0.25, 0.3) is 0 Å². The molecule has 40 heavy (non-hydrogen) atoms. The average molecular weight is 549 g/mol. The van der Waals surface area contributed by atoms with Gasteiger partial charge in [-0.05, 0) is 41.0 Å². The summed E-state index contributed by atoms with van der Waals surface area (Å²) in [6, 6.07) is 15.9. The fraction of sp³-hybridized carbons (Fsp3) is 0.286. The lowest BCUT2D eigenvalue weighted by molar-refractivity contribution is -0.385. The Morgan fingerprint density at radius 1 is 1.07 bits per heavy atom. The summed E-state index contributed by atoms with van der Waals surface area (Å²) >= 11 is 0. The number of benzene rings is 2. The van der Waals surface area contributed by atoms with Crippen LogP contribution in [0.15, 0.2) is 72.6 Å². The number of aliphatic hydroxyl groups is 1. The van der Waals surface area contributed by atoms with Gasteiger partial charge in [0.1, 0.15) is 12.0 Å². The highest BCUT2D eigenvalue weighted by Gasteiger charge is 2.30. The van der Waals surface area contributed by atoms with Crippen LogP contribution in [0.2, 0.25) is 0 Å². The minimum atomic E-state index is -0.680. The fourth-order valence-corrected chi connectivity index (χ4v) is 4.28. The zero-order chi connectivity index (χ0) is 27.9. The summed E-state index contributed by atoms with van der Waals surface area (Å²) in [6.45, 7) is 1.01. The molecule has 208 valence electrons. The number of anilines is 1. The molecule has 0 unspecified atom stereocenters. The number of ether oxygens (including phenoxy) is 4. The van der Waals surface area contributed by atoms with E-state index in [-0.39, 0.29) is 43.9 Å². The van der Waals surface area contributed by atoms with Crippen molar-refractivity contribution in [2.75, 3.05) is 25.2 Å². The molecule has 3 aromatic rings. The molecule has 0 bridgehead atoms. The van der Waals surface area contributed by atoms with E-state index in [1.165, 1.54) is 18.3 Å². The second kappa shape index (κ2) is 12.5. The molecular formula is C28H28N4O8. The van der Waals surface area contributed by atoms with Crippen molar-refractivity contribution in [3.8, 4) is 11.5 Å². The summed E-state index contributed by atoms with van der Waals surface area (Å²) in [4.78, 5) is 27.3. The van der Waals surface area contributed by atoms with Crippen LogP contribution in [-0.4, -0.2) is 47.1 Å². The Bertz CT molecular complexity index is 1380. The number of hydrogen-bond acceptors (Lipinski definition) is 10. The van der Waals surface area contributed by atoms with Gasteiger partial charge in [0.25, 0.3) is 11.6 Å². The largest absolute Gasteiger partial charge is 0.459 e. The molecule has 3 N–H and O–H groups in total. The summed E-state index contributed by atoms with van der Waals surface area (Å²) in [6.07, 6.45) is 2.74. The number of amides is 1. The van der Waals surface area contributed by atoms with Crippen LogP contribution in [0.5, 0.6) is 11.5 Å². The van der Waals surface area contributed by atoms with E-state index in [4.69, 9.17) is 18.9 Å². The number of nitro groups is 1. The lowest BCUT2D eigenvalue weighted by Crippen LogP contribution is -2.35. The maximum Gasteiger partial charge on any atom is 0.287 e. The van der Waals surface area contributed by atoms with Crippen molar-refractivity contribution in [3.05, 3.63) is 99.4 Å². The van der Waals surface area contributed by atoms with Gasteiger partial charge in [0.2, 0.25) is 13.1 Å². The molecule has 0 saturated carbocycles. The summed E-state index contributed by atoms with van der Waals surface area (Å²) < 4.78 is 22.9. The maximum absolute atomic E-state index is 13.0. The number of nitrogens with one attached hydrogen (secondary N) is 2. The normalized spacial score (nSPS) is 17.5. The second-order valence-corrected chi connectivity index (χ2v) is 9.16. The van der Waals surface area contributed by atoms with Gasteiger partial charge in [-0.3, -0.25) is 14.9 Å². The van der Waals surface area contributed by atoms with E-state index < -0.39 is 17.1 Å². The summed E-state index contributed by atoms with van der Waals surface area (Å²) in [5.41, 5.74) is 2.55. The van der Waals surface area contributed by atoms with Crippen LogP contribution in [0, 0.1) is 10.1 Å². The topological polar surface area (TPSA) is 154 Å². The quantitative estimate of drug-likeness (QED) is 0.185. The number of nitrogens with zero attached hydrogens (tertiary/aromatic N) is 2. The lowest BCUT2D eigenvalue weighted by atomic mass is 9.92. The number of fused-ring (bicyclic) bond motifs is 1. The van der Waals surface area contributed by atoms with E-state index in [0.717, 1.165) is 16.7 Å². The van der Waals surface area contributed by atoms with Gasteiger partial charge < -0.3 is 34.7 Å². The molecule has 12 heteroatoms. The van der Waals surface area contributed by atoms with E-state index in [1.54, 1.807) is 6.08 Å². The van der Waals surface area contributed by atoms with Crippen LogP contribution in [0.4, 0.5) is 11.5 Å². The zero-order valence-corrected chi connectivity index (χ0v) is 21.4. The van der Waals surface area contributed by atoms with Gasteiger partial charge in [0.15, 0.2) is 17.3 Å². The average Bonchev–Trinajstić information content (AvgIpc) is 3.46. The Hall–Kier alpha value is -4.68. The molecule has 0 radical (unpaired) electrons. The lowest BCUT2D eigenvalue weighted by Gasteiger charge is -2.29. The van der Waals surface area contributed by atoms with Gasteiger partial charge >= 0.3 is 0 Å². The Kier molecular flexibility index (Phi) is 8.38. The predicted octanol–water partition coefficient (Wildman–Crippen LogP) is 3.37. The maximum atomic E-state index is 13.0. The number of aromatic nitrogens is 1. The fourth-order valence-electron chi connectivity index (χ4n) is 4.28. The molecule has 0 aliphatic carbocycles. The third-order valence-corrected chi connectivity index (χ3v) is 6.42. The molecule has 2 aromatic carbocycles. The zero-order valence-electron chi connectivity index (χ0n) is 21.4. The molecule has 0 fully saturated rings. The number of aliphatic hydroxyl groups excluding tert-OH is 1. The van der Waals surface area contributed by atoms with E-state index in [9.17, 15) is 20.0 Å². The van der Waals surface area contributed by atoms with E-state index >= 15 is 0 Å². The Morgan fingerprint density at radius 3 is 2.62 bits per heavy atom. The van der Waals surface area contributed by atoms with Gasteiger partial charge in [-0.2, -0.15) is 0 Å². The Labute approximate surface area is 229 Å².